The van der Waals surface area contributed by atoms with Gasteiger partial charge in [0.1, 0.15) is 0 Å². The molecule has 0 aliphatic rings. The van der Waals surface area contributed by atoms with Crippen molar-refractivity contribution in [2.24, 2.45) is 0 Å². The number of nitrogens with one attached hydrogen (secondary N) is 1. The highest BCUT2D eigenvalue weighted by Crippen LogP contribution is 2.26. The highest BCUT2D eigenvalue weighted by atomic mass is 79.9. The molecule has 0 aliphatic heterocycles. The van der Waals surface area contributed by atoms with E-state index in [1.165, 1.54) is 0 Å². The van der Waals surface area contributed by atoms with Crippen LogP contribution in [0.2, 0.25) is 15.1 Å². The van der Waals surface area contributed by atoms with Crippen molar-refractivity contribution < 1.29 is 4.79 Å². The minimum absolute atomic E-state index is 0.271. The molecule has 98 valence electrons. The molecule has 0 saturated carbocycles. The molecule has 2 aromatic carbocycles. The monoisotopic (exact) mass is 377 g/mol. The van der Waals surface area contributed by atoms with Gasteiger partial charge < -0.3 is 5.32 Å². The number of anilines is 1. The lowest BCUT2D eigenvalue weighted by Gasteiger charge is -2.07. The van der Waals surface area contributed by atoms with E-state index < -0.39 is 0 Å². The minimum Gasteiger partial charge on any atom is -0.322 e. The number of rotatable bonds is 2. The van der Waals surface area contributed by atoms with Crippen LogP contribution in [0.15, 0.2) is 40.9 Å². The van der Waals surface area contributed by atoms with E-state index in [9.17, 15) is 4.79 Å². The summed E-state index contributed by atoms with van der Waals surface area (Å²) in [7, 11) is 0. The molecule has 2 nitrogen and oxygen atoms in total. The summed E-state index contributed by atoms with van der Waals surface area (Å²) in [5.41, 5.74) is 1.03. The summed E-state index contributed by atoms with van der Waals surface area (Å²) < 4.78 is 0.736. The lowest BCUT2D eigenvalue weighted by molar-refractivity contribution is 0.102. The summed E-state index contributed by atoms with van der Waals surface area (Å²) in [5, 5.41) is 4.01. The molecule has 0 bridgehead atoms. The molecule has 0 radical (unpaired) electrons. The Hall–Kier alpha value is -0.740. The van der Waals surface area contributed by atoms with Crippen molar-refractivity contribution in [2.45, 2.75) is 0 Å². The summed E-state index contributed by atoms with van der Waals surface area (Å²) in [4.78, 5) is 12.0. The second-order valence-electron chi connectivity index (χ2n) is 3.71. The van der Waals surface area contributed by atoms with Crippen molar-refractivity contribution >= 4 is 62.3 Å². The topological polar surface area (TPSA) is 29.1 Å². The highest BCUT2D eigenvalue weighted by Gasteiger charge is 2.09. The van der Waals surface area contributed by atoms with Gasteiger partial charge in [0.2, 0.25) is 0 Å². The van der Waals surface area contributed by atoms with E-state index in [-0.39, 0.29) is 5.91 Å². The summed E-state index contributed by atoms with van der Waals surface area (Å²) in [5.74, 6) is -0.271. The number of hydrogen-bond donors (Lipinski definition) is 1. The number of carbonyl (C=O) groups is 1. The van der Waals surface area contributed by atoms with Gasteiger partial charge in [0.25, 0.3) is 5.91 Å². The minimum atomic E-state index is -0.271. The molecule has 0 saturated heterocycles. The van der Waals surface area contributed by atoms with Crippen LogP contribution in [0.1, 0.15) is 10.4 Å². The van der Waals surface area contributed by atoms with Crippen LogP contribution in [0.3, 0.4) is 0 Å². The largest absolute Gasteiger partial charge is 0.322 e. The molecule has 0 aliphatic carbocycles. The van der Waals surface area contributed by atoms with E-state index in [1.807, 2.05) is 0 Å². The Morgan fingerprint density at radius 3 is 2.32 bits per heavy atom. The van der Waals surface area contributed by atoms with Gasteiger partial charge in [-0.05, 0) is 52.3 Å². The third kappa shape index (κ3) is 3.63. The molecule has 0 aromatic heterocycles. The molecule has 0 unspecified atom stereocenters. The van der Waals surface area contributed by atoms with Crippen molar-refractivity contribution in [1.82, 2.24) is 0 Å². The van der Waals surface area contributed by atoms with Gasteiger partial charge in [-0.2, -0.15) is 0 Å². The number of benzene rings is 2. The van der Waals surface area contributed by atoms with Gasteiger partial charge in [0, 0.05) is 15.7 Å². The van der Waals surface area contributed by atoms with E-state index in [0.29, 0.717) is 26.3 Å². The normalized spacial score (nSPS) is 10.3. The summed E-state index contributed by atoms with van der Waals surface area (Å²) in [6.07, 6.45) is 0. The smallest absolute Gasteiger partial charge is 0.255 e. The predicted molar refractivity (Wildman–Crippen MR) is 83.6 cm³/mol. The molecule has 1 N–H and O–H groups in total. The van der Waals surface area contributed by atoms with Crippen molar-refractivity contribution in [1.29, 1.82) is 0 Å². The van der Waals surface area contributed by atoms with Crippen LogP contribution in [0.4, 0.5) is 5.69 Å². The maximum atomic E-state index is 12.0. The molecule has 2 rings (SSSR count). The van der Waals surface area contributed by atoms with Crippen LogP contribution >= 0.6 is 50.7 Å². The summed E-state index contributed by atoms with van der Waals surface area (Å²) in [6, 6.07) is 9.84. The van der Waals surface area contributed by atoms with Gasteiger partial charge >= 0.3 is 0 Å². The number of carbonyl (C=O) groups excluding carboxylic acids is 1. The zero-order valence-electron chi connectivity index (χ0n) is 9.38. The van der Waals surface area contributed by atoms with Gasteiger partial charge in [-0.1, -0.05) is 34.8 Å². The van der Waals surface area contributed by atoms with Crippen molar-refractivity contribution in [3.8, 4) is 0 Å². The molecule has 0 atom stereocenters. The third-order valence-electron chi connectivity index (χ3n) is 2.36. The van der Waals surface area contributed by atoms with Crippen LogP contribution in [0.5, 0.6) is 0 Å². The van der Waals surface area contributed by atoms with Gasteiger partial charge in [-0.15, -0.1) is 0 Å². The molecule has 19 heavy (non-hydrogen) atoms. The Bertz CT molecular complexity index is 646. The fourth-order valence-electron chi connectivity index (χ4n) is 1.41. The lowest BCUT2D eigenvalue weighted by Crippen LogP contribution is -2.11. The molecule has 1 amide bonds. The zero-order valence-corrected chi connectivity index (χ0v) is 13.2. The quantitative estimate of drug-likeness (QED) is 0.716. The van der Waals surface area contributed by atoms with Gasteiger partial charge in [0.05, 0.1) is 15.1 Å². The second kappa shape index (κ2) is 6.14. The Morgan fingerprint density at radius 1 is 0.947 bits per heavy atom. The maximum Gasteiger partial charge on any atom is 0.255 e. The Morgan fingerprint density at radius 2 is 1.68 bits per heavy atom. The molecular weight excluding hydrogens is 372 g/mol. The van der Waals surface area contributed by atoms with Gasteiger partial charge in [0.15, 0.2) is 0 Å². The van der Waals surface area contributed by atoms with Gasteiger partial charge in [-0.3, -0.25) is 4.79 Å². The Labute approximate surface area is 133 Å². The van der Waals surface area contributed by atoms with E-state index >= 15 is 0 Å². The first kappa shape index (κ1) is 14.7. The maximum absolute atomic E-state index is 12.0. The molecular formula is C13H7BrCl3NO. The number of amides is 1. The van der Waals surface area contributed by atoms with E-state index in [4.69, 9.17) is 34.8 Å². The average molecular weight is 379 g/mol. The standard InChI is InChI=1S/C13H7BrCl3NO/c14-9-3-1-7(5-11(9)16)13(19)18-8-2-4-10(15)12(17)6-8/h1-6H,(H,18,19). The number of halogens is 4. The fourth-order valence-corrected chi connectivity index (χ4v) is 2.14. The van der Waals surface area contributed by atoms with E-state index in [2.05, 4.69) is 21.2 Å². The molecule has 0 fully saturated rings. The summed E-state index contributed by atoms with van der Waals surface area (Å²) in [6.45, 7) is 0. The van der Waals surface area contributed by atoms with E-state index in [0.717, 1.165) is 4.47 Å². The molecule has 6 heteroatoms. The number of hydrogen-bond acceptors (Lipinski definition) is 1. The molecule has 2 aromatic rings. The van der Waals surface area contributed by atoms with Crippen LogP contribution in [-0.4, -0.2) is 5.91 Å². The zero-order chi connectivity index (χ0) is 14.0. The average Bonchev–Trinajstić information content (AvgIpc) is 2.37. The molecule has 0 heterocycles. The third-order valence-corrected chi connectivity index (χ3v) is 4.33. The Balaban J connectivity index is 2.20. The van der Waals surface area contributed by atoms with Crippen molar-refractivity contribution in [2.75, 3.05) is 5.32 Å². The highest BCUT2D eigenvalue weighted by molar-refractivity contribution is 9.10. The van der Waals surface area contributed by atoms with Crippen LogP contribution in [0, 0.1) is 0 Å². The first-order valence-electron chi connectivity index (χ1n) is 5.19. The first-order chi connectivity index (χ1) is 8.97. The Kier molecular flexibility index (Phi) is 4.74. The SMILES string of the molecule is O=C(Nc1ccc(Cl)c(Cl)c1)c1ccc(Br)c(Cl)c1. The van der Waals surface area contributed by atoms with Crippen LogP contribution in [0.25, 0.3) is 0 Å². The van der Waals surface area contributed by atoms with Crippen LogP contribution in [-0.2, 0) is 0 Å². The molecule has 0 spiro atoms. The first-order valence-corrected chi connectivity index (χ1v) is 7.11. The van der Waals surface area contributed by atoms with Crippen LogP contribution < -0.4 is 5.32 Å². The lowest BCUT2D eigenvalue weighted by atomic mass is 10.2. The van der Waals surface area contributed by atoms with E-state index in [1.54, 1.807) is 36.4 Å². The van der Waals surface area contributed by atoms with Crippen molar-refractivity contribution in [3.05, 3.63) is 61.5 Å². The van der Waals surface area contributed by atoms with Gasteiger partial charge in [-0.25, -0.2) is 0 Å². The predicted octanol–water partition coefficient (Wildman–Crippen LogP) is 5.66. The fraction of sp³-hybridized carbons (Fsp3) is 0. The second-order valence-corrected chi connectivity index (χ2v) is 5.79. The van der Waals surface area contributed by atoms with Crippen molar-refractivity contribution in [3.63, 3.8) is 0 Å². The summed E-state index contributed by atoms with van der Waals surface area (Å²) >= 11 is 20.9.